The van der Waals surface area contributed by atoms with Crippen LogP contribution in [0, 0.1) is 0 Å². The second kappa shape index (κ2) is 8.56. The number of hydrogen-bond acceptors (Lipinski definition) is 4. The van der Waals surface area contributed by atoms with Gasteiger partial charge in [-0.25, -0.2) is 5.26 Å². The van der Waals surface area contributed by atoms with Crippen molar-refractivity contribution in [3.05, 3.63) is 12.3 Å². The molecule has 0 atom stereocenters. The zero-order valence-corrected chi connectivity index (χ0v) is 8.33. The van der Waals surface area contributed by atoms with Crippen LogP contribution in [0.15, 0.2) is 12.3 Å². The topological polar surface area (TPSA) is 69.6 Å². The predicted molar refractivity (Wildman–Crippen MR) is 50.2 cm³/mol. The van der Waals surface area contributed by atoms with E-state index < -0.39 is 5.97 Å². The first-order chi connectivity index (χ1) is 6.66. The smallest absolute Gasteiger partial charge is 0.135 e. The van der Waals surface area contributed by atoms with Crippen LogP contribution in [0.5, 0.6) is 0 Å². The second-order valence-electron chi connectivity index (χ2n) is 3.27. The highest BCUT2D eigenvalue weighted by Crippen LogP contribution is 2.10. The van der Waals surface area contributed by atoms with E-state index in [0.717, 1.165) is 25.7 Å². The van der Waals surface area contributed by atoms with Crippen molar-refractivity contribution in [2.75, 3.05) is 0 Å². The van der Waals surface area contributed by atoms with Gasteiger partial charge in [0.05, 0.1) is 0 Å². The van der Waals surface area contributed by atoms with Gasteiger partial charge in [0.15, 0.2) is 0 Å². The summed E-state index contributed by atoms with van der Waals surface area (Å²) in [6.07, 6.45) is 5.27. The van der Waals surface area contributed by atoms with Crippen LogP contribution in [-0.2, 0) is 9.68 Å². The van der Waals surface area contributed by atoms with E-state index >= 15 is 0 Å². The Bertz CT molecular complexity index is 177. The molecule has 0 aromatic heterocycles. The molecule has 0 bridgehead atoms. The minimum Gasteiger partial charge on any atom is -0.550 e. The van der Waals surface area contributed by atoms with E-state index in [9.17, 15) is 9.90 Å². The molecule has 0 aromatic rings. The molecule has 0 aliphatic carbocycles. The number of carboxylic acids is 1. The normalized spacial score (nSPS) is 9.79. The van der Waals surface area contributed by atoms with Gasteiger partial charge in [-0.05, 0) is 19.3 Å². The van der Waals surface area contributed by atoms with Crippen molar-refractivity contribution in [1.29, 1.82) is 0 Å². The highest BCUT2D eigenvalue weighted by molar-refractivity contribution is 5.63. The van der Waals surface area contributed by atoms with Crippen LogP contribution in [0.1, 0.15) is 44.9 Å². The first-order valence-electron chi connectivity index (χ1n) is 4.86. The van der Waals surface area contributed by atoms with Gasteiger partial charge in [-0.15, -0.1) is 0 Å². The molecular weight excluding hydrogens is 184 g/mol. The lowest BCUT2D eigenvalue weighted by Crippen LogP contribution is -2.21. The van der Waals surface area contributed by atoms with Crippen LogP contribution >= 0.6 is 0 Å². The number of carboxylic acid groups (broad SMARTS) is 1. The van der Waals surface area contributed by atoms with E-state index in [2.05, 4.69) is 11.5 Å². The van der Waals surface area contributed by atoms with E-state index in [1.165, 1.54) is 0 Å². The summed E-state index contributed by atoms with van der Waals surface area (Å²) in [5.74, 6) is -0.605. The molecule has 0 saturated heterocycles. The number of hydrogen-bond donors (Lipinski definition) is 1. The van der Waals surface area contributed by atoms with Gasteiger partial charge in [-0.1, -0.05) is 25.8 Å². The Labute approximate surface area is 84.1 Å². The number of carbonyl (C=O) groups is 1. The Morgan fingerprint density at radius 2 is 1.64 bits per heavy atom. The molecule has 0 aliphatic rings. The maximum Gasteiger partial charge on any atom is 0.135 e. The van der Waals surface area contributed by atoms with Crippen LogP contribution in [0.3, 0.4) is 0 Å². The largest absolute Gasteiger partial charge is 0.550 e. The van der Waals surface area contributed by atoms with Crippen molar-refractivity contribution >= 4 is 5.97 Å². The van der Waals surface area contributed by atoms with Crippen molar-refractivity contribution in [2.24, 2.45) is 0 Å². The van der Waals surface area contributed by atoms with Gasteiger partial charge in [-0.2, -0.15) is 0 Å². The maximum absolute atomic E-state index is 10.0. The second-order valence-corrected chi connectivity index (χ2v) is 3.27. The summed E-state index contributed by atoms with van der Waals surface area (Å²) >= 11 is 0. The molecular formula is C10H17O4-. The molecule has 82 valence electrons. The predicted octanol–water partition coefficient (Wildman–Crippen LogP) is 1.47. The molecule has 14 heavy (non-hydrogen) atoms. The molecule has 0 aliphatic heterocycles. The Morgan fingerprint density at radius 3 is 2.14 bits per heavy atom. The van der Waals surface area contributed by atoms with E-state index in [1.54, 1.807) is 0 Å². The Balaban J connectivity index is 3.06. The van der Waals surface area contributed by atoms with Gasteiger partial charge < -0.3 is 14.8 Å². The Hall–Kier alpha value is -1.03. The third kappa shape index (κ3) is 9.06. The number of carbonyl (C=O) groups excluding carboxylic acids is 1. The average Bonchev–Trinajstić information content (AvgIpc) is 2.15. The molecule has 0 radical (unpaired) electrons. The monoisotopic (exact) mass is 201 g/mol. The van der Waals surface area contributed by atoms with Crippen LogP contribution in [-0.4, -0.2) is 11.2 Å². The summed E-state index contributed by atoms with van der Waals surface area (Å²) in [6.45, 7) is 3.47. The number of unbranched alkanes of at least 4 members (excludes halogenated alkanes) is 4. The van der Waals surface area contributed by atoms with E-state index in [-0.39, 0.29) is 6.42 Å². The summed E-state index contributed by atoms with van der Waals surface area (Å²) in [6, 6.07) is 0. The molecule has 0 unspecified atom stereocenters. The lowest BCUT2D eigenvalue weighted by molar-refractivity contribution is -0.305. The van der Waals surface area contributed by atoms with Crippen LogP contribution in [0.4, 0.5) is 0 Å². The molecule has 4 heteroatoms. The summed E-state index contributed by atoms with van der Waals surface area (Å²) in [4.78, 5) is 14.0. The lowest BCUT2D eigenvalue weighted by Gasteiger charge is -2.03. The maximum atomic E-state index is 10.0. The van der Waals surface area contributed by atoms with Crippen molar-refractivity contribution in [3.63, 3.8) is 0 Å². The molecule has 0 spiro atoms. The summed E-state index contributed by atoms with van der Waals surface area (Å²) in [5, 5.41) is 18.2. The van der Waals surface area contributed by atoms with E-state index in [4.69, 9.17) is 5.26 Å². The Morgan fingerprint density at radius 1 is 1.14 bits per heavy atom. The summed E-state index contributed by atoms with van der Waals surface area (Å²) in [7, 11) is 0. The summed E-state index contributed by atoms with van der Waals surface area (Å²) in [5.41, 5.74) is 0. The minimum atomic E-state index is -0.980. The van der Waals surface area contributed by atoms with Crippen LogP contribution in [0.2, 0.25) is 0 Å². The standard InChI is InChI=1S/C10H18O4/c1-9(14-13)7-5-3-2-4-6-8-10(11)12/h13H,1-8H2,(H,11,12)/p-1. The summed E-state index contributed by atoms with van der Waals surface area (Å²) < 4.78 is 0. The fourth-order valence-electron chi connectivity index (χ4n) is 1.17. The first-order valence-corrected chi connectivity index (χ1v) is 4.86. The van der Waals surface area contributed by atoms with Crippen molar-refractivity contribution in [1.82, 2.24) is 0 Å². The van der Waals surface area contributed by atoms with Crippen molar-refractivity contribution in [3.8, 4) is 0 Å². The molecule has 0 heterocycles. The van der Waals surface area contributed by atoms with Gasteiger partial charge in [0.25, 0.3) is 0 Å². The zero-order chi connectivity index (χ0) is 10.8. The SMILES string of the molecule is C=C(CCCCCCCC(=O)[O-])OO. The first kappa shape index (κ1) is 13.0. The fraction of sp³-hybridized carbons (Fsp3) is 0.700. The lowest BCUT2D eigenvalue weighted by atomic mass is 10.1. The molecule has 0 saturated carbocycles. The van der Waals surface area contributed by atoms with Gasteiger partial charge >= 0.3 is 0 Å². The molecule has 0 aromatic carbocycles. The van der Waals surface area contributed by atoms with Gasteiger partial charge in [-0.3, -0.25) is 0 Å². The number of allylic oxidation sites excluding steroid dienone is 1. The van der Waals surface area contributed by atoms with E-state index in [0.29, 0.717) is 18.6 Å². The zero-order valence-electron chi connectivity index (χ0n) is 8.33. The highest BCUT2D eigenvalue weighted by Gasteiger charge is 1.95. The van der Waals surface area contributed by atoms with Gasteiger partial charge in [0.2, 0.25) is 0 Å². The minimum absolute atomic E-state index is 0.145. The van der Waals surface area contributed by atoms with E-state index in [1.807, 2.05) is 0 Å². The number of aliphatic carboxylic acids is 1. The van der Waals surface area contributed by atoms with Crippen molar-refractivity contribution in [2.45, 2.75) is 44.9 Å². The van der Waals surface area contributed by atoms with Crippen LogP contribution in [0.25, 0.3) is 0 Å². The van der Waals surface area contributed by atoms with Gasteiger partial charge in [0.1, 0.15) is 5.76 Å². The molecule has 0 fully saturated rings. The van der Waals surface area contributed by atoms with Gasteiger partial charge in [0, 0.05) is 12.4 Å². The molecule has 0 amide bonds. The molecule has 0 rings (SSSR count). The highest BCUT2D eigenvalue weighted by atomic mass is 17.1. The fourth-order valence-corrected chi connectivity index (χ4v) is 1.17. The Kier molecular flexibility index (Phi) is 7.93. The number of rotatable bonds is 9. The molecule has 4 nitrogen and oxygen atoms in total. The average molecular weight is 201 g/mol. The third-order valence-corrected chi connectivity index (χ3v) is 1.97. The van der Waals surface area contributed by atoms with Crippen LogP contribution < -0.4 is 5.11 Å². The van der Waals surface area contributed by atoms with Crippen molar-refractivity contribution < 1.29 is 20.0 Å². The third-order valence-electron chi connectivity index (χ3n) is 1.97. The quantitative estimate of drug-likeness (QED) is 0.265. The molecule has 1 N–H and O–H groups in total.